The fourth-order valence-corrected chi connectivity index (χ4v) is 1.89. The number of anilines is 2. The molecule has 0 atom stereocenters. The number of H-pyrrole nitrogens is 1. The maximum absolute atomic E-state index is 13.5. The van der Waals surface area contributed by atoms with E-state index in [1.807, 2.05) is 24.4 Å². The minimum Gasteiger partial charge on any atom is -0.361 e. The molecular weight excluding hydrogens is 234 g/mol. The number of halogens is 2. The van der Waals surface area contributed by atoms with Gasteiger partial charge in [-0.15, -0.1) is 0 Å². The van der Waals surface area contributed by atoms with Gasteiger partial charge in [0, 0.05) is 22.8 Å². The Labute approximate surface area is 102 Å². The van der Waals surface area contributed by atoms with E-state index in [-0.39, 0.29) is 5.69 Å². The fourth-order valence-electron chi connectivity index (χ4n) is 1.89. The highest BCUT2D eigenvalue weighted by molar-refractivity contribution is 5.84. The average molecular weight is 244 g/mol. The number of hydrogen-bond donors (Lipinski definition) is 2. The zero-order valence-electron chi connectivity index (χ0n) is 9.37. The van der Waals surface area contributed by atoms with E-state index in [1.54, 1.807) is 6.07 Å². The molecule has 2 N–H and O–H groups in total. The molecule has 90 valence electrons. The van der Waals surface area contributed by atoms with Crippen LogP contribution in [0, 0.1) is 11.6 Å². The first-order valence-electron chi connectivity index (χ1n) is 5.52. The van der Waals surface area contributed by atoms with E-state index in [0.717, 1.165) is 10.9 Å². The van der Waals surface area contributed by atoms with Crippen molar-refractivity contribution in [3.8, 4) is 0 Å². The number of hydrogen-bond acceptors (Lipinski definition) is 1. The third-order valence-corrected chi connectivity index (χ3v) is 2.79. The summed E-state index contributed by atoms with van der Waals surface area (Å²) in [4.78, 5) is 3.06. The van der Waals surface area contributed by atoms with Crippen LogP contribution in [0.3, 0.4) is 0 Å². The molecule has 0 saturated carbocycles. The lowest BCUT2D eigenvalue weighted by molar-refractivity contribution is 0.591. The lowest BCUT2D eigenvalue weighted by Gasteiger charge is -2.08. The summed E-state index contributed by atoms with van der Waals surface area (Å²) in [6.07, 6.45) is 1.82. The van der Waals surface area contributed by atoms with Crippen molar-refractivity contribution in [3.05, 3.63) is 60.3 Å². The Hall–Kier alpha value is -2.36. The van der Waals surface area contributed by atoms with Gasteiger partial charge >= 0.3 is 0 Å². The summed E-state index contributed by atoms with van der Waals surface area (Å²) in [5.74, 6) is -1.21. The van der Waals surface area contributed by atoms with Crippen molar-refractivity contribution in [2.75, 3.05) is 5.32 Å². The highest BCUT2D eigenvalue weighted by Gasteiger charge is 2.08. The van der Waals surface area contributed by atoms with Crippen LogP contribution in [0.15, 0.2) is 48.7 Å². The van der Waals surface area contributed by atoms with E-state index >= 15 is 0 Å². The average Bonchev–Trinajstić information content (AvgIpc) is 2.81. The SMILES string of the molecule is Fc1cccc(F)c1Nc1ccc2[nH]ccc2c1. The molecule has 3 aromatic rings. The number of benzene rings is 2. The molecule has 0 spiro atoms. The molecule has 0 aliphatic heterocycles. The minimum atomic E-state index is -0.607. The molecule has 18 heavy (non-hydrogen) atoms. The highest BCUT2D eigenvalue weighted by atomic mass is 19.1. The van der Waals surface area contributed by atoms with Crippen LogP contribution in [-0.4, -0.2) is 4.98 Å². The summed E-state index contributed by atoms with van der Waals surface area (Å²) in [6, 6.07) is 11.1. The molecule has 0 fully saturated rings. The maximum atomic E-state index is 13.5. The lowest BCUT2D eigenvalue weighted by Crippen LogP contribution is -1.96. The van der Waals surface area contributed by atoms with E-state index in [1.165, 1.54) is 18.2 Å². The lowest BCUT2D eigenvalue weighted by atomic mass is 10.2. The van der Waals surface area contributed by atoms with Gasteiger partial charge in [-0.25, -0.2) is 8.78 Å². The minimum absolute atomic E-state index is 0.132. The van der Waals surface area contributed by atoms with Gasteiger partial charge in [0.2, 0.25) is 0 Å². The van der Waals surface area contributed by atoms with Crippen LogP contribution in [-0.2, 0) is 0 Å². The zero-order valence-corrected chi connectivity index (χ0v) is 9.37. The molecule has 1 heterocycles. The van der Waals surface area contributed by atoms with Crippen molar-refractivity contribution in [2.24, 2.45) is 0 Å². The standard InChI is InChI=1S/C14H10F2N2/c15-11-2-1-3-12(16)14(11)18-10-4-5-13-9(8-10)6-7-17-13/h1-8,17-18H. The van der Waals surface area contributed by atoms with Gasteiger partial charge < -0.3 is 10.3 Å². The van der Waals surface area contributed by atoms with Crippen LogP contribution in [0.1, 0.15) is 0 Å². The molecule has 0 amide bonds. The van der Waals surface area contributed by atoms with Gasteiger partial charge in [-0.2, -0.15) is 0 Å². The number of aromatic amines is 1. The summed E-state index contributed by atoms with van der Waals surface area (Å²) in [7, 11) is 0. The Morgan fingerprint density at radius 2 is 1.72 bits per heavy atom. The van der Waals surface area contributed by atoms with Gasteiger partial charge in [0.25, 0.3) is 0 Å². The van der Waals surface area contributed by atoms with Crippen LogP contribution < -0.4 is 5.32 Å². The number of nitrogens with one attached hydrogen (secondary N) is 2. The second-order valence-electron chi connectivity index (χ2n) is 4.00. The maximum Gasteiger partial charge on any atom is 0.149 e. The normalized spacial score (nSPS) is 10.8. The van der Waals surface area contributed by atoms with Gasteiger partial charge in [0.15, 0.2) is 0 Å². The molecule has 3 rings (SSSR count). The van der Waals surface area contributed by atoms with Crippen LogP contribution in [0.4, 0.5) is 20.2 Å². The van der Waals surface area contributed by atoms with Crippen LogP contribution in [0.5, 0.6) is 0 Å². The van der Waals surface area contributed by atoms with Crippen molar-refractivity contribution in [1.29, 1.82) is 0 Å². The molecule has 0 radical (unpaired) electrons. The summed E-state index contributed by atoms with van der Waals surface area (Å²) in [6.45, 7) is 0. The number of para-hydroxylation sites is 1. The van der Waals surface area contributed by atoms with Crippen molar-refractivity contribution < 1.29 is 8.78 Å². The second kappa shape index (κ2) is 4.14. The topological polar surface area (TPSA) is 27.8 Å². The summed E-state index contributed by atoms with van der Waals surface area (Å²) >= 11 is 0. The van der Waals surface area contributed by atoms with Crippen LogP contribution in [0.25, 0.3) is 10.9 Å². The molecule has 4 heteroatoms. The van der Waals surface area contributed by atoms with Crippen LogP contribution >= 0.6 is 0 Å². The Morgan fingerprint density at radius 3 is 2.50 bits per heavy atom. The molecule has 0 unspecified atom stereocenters. The van der Waals surface area contributed by atoms with Gasteiger partial charge in [-0.1, -0.05) is 6.07 Å². The first-order valence-corrected chi connectivity index (χ1v) is 5.52. The van der Waals surface area contributed by atoms with E-state index in [0.29, 0.717) is 5.69 Å². The summed E-state index contributed by atoms with van der Waals surface area (Å²) in [5, 5.41) is 3.74. The molecular formula is C14H10F2N2. The summed E-state index contributed by atoms with van der Waals surface area (Å²) in [5.41, 5.74) is 1.49. The molecule has 0 bridgehead atoms. The Kier molecular flexibility index (Phi) is 2.48. The molecule has 2 aromatic carbocycles. The summed E-state index contributed by atoms with van der Waals surface area (Å²) < 4.78 is 27.0. The van der Waals surface area contributed by atoms with E-state index in [4.69, 9.17) is 0 Å². The van der Waals surface area contributed by atoms with E-state index < -0.39 is 11.6 Å². The number of fused-ring (bicyclic) bond motifs is 1. The van der Waals surface area contributed by atoms with E-state index in [2.05, 4.69) is 10.3 Å². The van der Waals surface area contributed by atoms with Crippen molar-refractivity contribution >= 4 is 22.3 Å². The number of rotatable bonds is 2. The first kappa shape index (κ1) is 10.8. The molecule has 0 saturated heterocycles. The fraction of sp³-hybridized carbons (Fsp3) is 0. The van der Waals surface area contributed by atoms with Gasteiger partial charge in [0.05, 0.1) is 0 Å². The number of aromatic nitrogens is 1. The first-order chi connectivity index (χ1) is 8.74. The monoisotopic (exact) mass is 244 g/mol. The van der Waals surface area contributed by atoms with Gasteiger partial charge in [-0.3, -0.25) is 0 Å². The largest absolute Gasteiger partial charge is 0.361 e. The van der Waals surface area contributed by atoms with Crippen LogP contribution in [0.2, 0.25) is 0 Å². The van der Waals surface area contributed by atoms with E-state index in [9.17, 15) is 8.78 Å². The zero-order chi connectivity index (χ0) is 12.5. The molecule has 0 aliphatic carbocycles. The third-order valence-electron chi connectivity index (χ3n) is 2.79. The van der Waals surface area contributed by atoms with Gasteiger partial charge in [-0.05, 0) is 36.4 Å². The second-order valence-corrected chi connectivity index (χ2v) is 4.00. The Balaban J connectivity index is 2.00. The molecule has 2 nitrogen and oxygen atoms in total. The Bertz CT molecular complexity index is 684. The highest BCUT2D eigenvalue weighted by Crippen LogP contribution is 2.25. The third kappa shape index (κ3) is 1.82. The van der Waals surface area contributed by atoms with Gasteiger partial charge in [0.1, 0.15) is 17.3 Å². The smallest absolute Gasteiger partial charge is 0.149 e. The van der Waals surface area contributed by atoms with Crippen molar-refractivity contribution in [2.45, 2.75) is 0 Å². The molecule has 1 aromatic heterocycles. The predicted molar refractivity (Wildman–Crippen MR) is 67.9 cm³/mol. The predicted octanol–water partition coefficient (Wildman–Crippen LogP) is 4.19. The quantitative estimate of drug-likeness (QED) is 0.695. The Morgan fingerprint density at radius 1 is 0.944 bits per heavy atom. The van der Waals surface area contributed by atoms with Crippen molar-refractivity contribution in [1.82, 2.24) is 4.98 Å². The molecule has 0 aliphatic rings. The van der Waals surface area contributed by atoms with Crippen molar-refractivity contribution in [3.63, 3.8) is 0 Å².